The molecule has 2 aromatic rings. The number of rotatable bonds is 8. The van der Waals surface area contributed by atoms with Crippen molar-refractivity contribution < 1.29 is 18.7 Å². The van der Waals surface area contributed by atoms with Gasteiger partial charge in [0.05, 0.1) is 25.5 Å². The van der Waals surface area contributed by atoms with Gasteiger partial charge in [0.25, 0.3) is 0 Å². The highest BCUT2D eigenvalue weighted by Crippen LogP contribution is 2.38. The van der Waals surface area contributed by atoms with Crippen LogP contribution >= 0.6 is 0 Å². The van der Waals surface area contributed by atoms with Crippen LogP contribution in [0.25, 0.3) is 11.5 Å². The van der Waals surface area contributed by atoms with Gasteiger partial charge in [-0.05, 0) is 38.9 Å². The molecule has 0 radical (unpaired) electrons. The molecule has 1 amide bonds. The van der Waals surface area contributed by atoms with Gasteiger partial charge in [0.15, 0.2) is 11.5 Å². The van der Waals surface area contributed by atoms with E-state index in [9.17, 15) is 4.79 Å². The lowest BCUT2D eigenvalue weighted by molar-refractivity contribution is -0.127. The molecule has 1 aromatic carbocycles. The Morgan fingerprint density at radius 3 is 2.75 bits per heavy atom. The molecule has 7 nitrogen and oxygen atoms in total. The van der Waals surface area contributed by atoms with Crippen molar-refractivity contribution in [2.45, 2.75) is 26.8 Å². The Morgan fingerprint density at radius 2 is 2.11 bits per heavy atom. The van der Waals surface area contributed by atoms with E-state index in [1.807, 2.05) is 36.9 Å². The SMILES string of the molecule is CCN1CC(CN(C)Cc2nc(-c3cccc(OC)c3OC)oc2C)CC1=O. The molecule has 7 heteroatoms. The minimum absolute atomic E-state index is 0.255. The fraction of sp³-hybridized carbons (Fsp3) is 0.524. The Balaban J connectivity index is 1.72. The van der Waals surface area contributed by atoms with Crippen molar-refractivity contribution in [1.82, 2.24) is 14.8 Å². The third-order valence-corrected chi connectivity index (χ3v) is 5.19. The highest BCUT2D eigenvalue weighted by molar-refractivity contribution is 5.78. The van der Waals surface area contributed by atoms with E-state index in [4.69, 9.17) is 18.9 Å². The van der Waals surface area contributed by atoms with Crippen molar-refractivity contribution in [2.24, 2.45) is 5.92 Å². The van der Waals surface area contributed by atoms with Crippen LogP contribution in [0.5, 0.6) is 11.5 Å². The minimum atomic E-state index is 0.255. The number of aromatic nitrogens is 1. The van der Waals surface area contributed by atoms with Gasteiger partial charge in [0.2, 0.25) is 11.8 Å². The van der Waals surface area contributed by atoms with Gasteiger partial charge in [-0.2, -0.15) is 0 Å². The van der Waals surface area contributed by atoms with Crippen LogP contribution < -0.4 is 9.47 Å². The second kappa shape index (κ2) is 8.65. The van der Waals surface area contributed by atoms with Crippen LogP contribution in [0.1, 0.15) is 24.8 Å². The zero-order valence-electron chi connectivity index (χ0n) is 17.3. The van der Waals surface area contributed by atoms with Gasteiger partial charge >= 0.3 is 0 Å². The molecule has 1 aliphatic rings. The number of amides is 1. The Bertz CT molecular complexity index is 833. The summed E-state index contributed by atoms with van der Waals surface area (Å²) in [5.41, 5.74) is 1.65. The van der Waals surface area contributed by atoms with Gasteiger partial charge in [-0.1, -0.05) is 6.07 Å². The monoisotopic (exact) mass is 387 g/mol. The molecule has 1 aliphatic heterocycles. The number of carbonyl (C=O) groups is 1. The lowest BCUT2D eigenvalue weighted by atomic mass is 10.1. The maximum atomic E-state index is 11.9. The quantitative estimate of drug-likeness (QED) is 0.694. The number of hydrogen-bond acceptors (Lipinski definition) is 6. The predicted molar refractivity (Wildman–Crippen MR) is 106 cm³/mol. The number of hydrogen-bond donors (Lipinski definition) is 0. The van der Waals surface area contributed by atoms with E-state index < -0.39 is 0 Å². The summed E-state index contributed by atoms with van der Waals surface area (Å²) in [7, 11) is 5.27. The summed E-state index contributed by atoms with van der Waals surface area (Å²) >= 11 is 0. The molecule has 0 bridgehead atoms. The van der Waals surface area contributed by atoms with Crippen LogP contribution in [0.3, 0.4) is 0 Å². The number of ether oxygens (including phenoxy) is 2. The van der Waals surface area contributed by atoms with Gasteiger partial charge in [0.1, 0.15) is 5.76 Å². The first-order valence-electron chi connectivity index (χ1n) is 9.60. The summed E-state index contributed by atoms with van der Waals surface area (Å²) in [5.74, 6) is 3.17. The Labute approximate surface area is 166 Å². The first-order valence-corrected chi connectivity index (χ1v) is 9.60. The van der Waals surface area contributed by atoms with Gasteiger partial charge < -0.3 is 23.7 Å². The lowest BCUT2D eigenvalue weighted by Crippen LogP contribution is -2.28. The number of benzene rings is 1. The van der Waals surface area contributed by atoms with Crippen LogP contribution in [0.15, 0.2) is 22.6 Å². The molecule has 0 N–H and O–H groups in total. The summed E-state index contributed by atoms with van der Waals surface area (Å²) < 4.78 is 16.8. The van der Waals surface area contributed by atoms with Crippen LogP contribution in [-0.4, -0.2) is 61.6 Å². The number of aryl methyl sites for hydroxylation is 1. The Hall–Kier alpha value is -2.54. The number of oxazole rings is 1. The molecule has 1 unspecified atom stereocenters. The first-order chi connectivity index (χ1) is 13.5. The fourth-order valence-corrected chi connectivity index (χ4v) is 3.79. The van der Waals surface area contributed by atoms with Gasteiger partial charge in [-0.15, -0.1) is 0 Å². The van der Waals surface area contributed by atoms with Crippen molar-refractivity contribution in [3.05, 3.63) is 29.7 Å². The standard InChI is InChI=1S/C21H29N3O4/c1-6-24-12-15(10-19(24)25)11-23(3)13-17-14(2)28-21(22-17)16-8-7-9-18(26-4)20(16)27-5/h7-9,15H,6,10-13H2,1-5H3. The van der Waals surface area contributed by atoms with Crippen LogP contribution in [0.4, 0.5) is 0 Å². The summed E-state index contributed by atoms with van der Waals surface area (Å²) in [6, 6.07) is 5.64. The molecule has 2 heterocycles. The molecule has 0 aliphatic carbocycles. The maximum Gasteiger partial charge on any atom is 0.230 e. The summed E-state index contributed by atoms with van der Waals surface area (Å²) in [5, 5.41) is 0. The highest BCUT2D eigenvalue weighted by Gasteiger charge is 2.29. The maximum absolute atomic E-state index is 11.9. The summed E-state index contributed by atoms with van der Waals surface area (Å²) in [6.45, 7) is 7.09. The molecule has 0 saturated carbocycles. The Morgan fingerprint density at radius 1 is 1.32 bits per heavy atom. The lowest BCUT2D eigenvalue weighted by Gasteiger charge is -2.20. The third kappa shape index (κ3) is 4.14. The zero-order valence-corrected chi connectivity index (χ0v) is 17.3. The number of carbonyl (C=O) groups excluding carboxylic acids is 1. The van der Waals surface area contributed by atoms with Gasteiger partial charge in [-0.25, -0.2) is 4.98 Å². The van der Waals surface area contributed by atoms with Crippen LogP contribution in [-0.2, 0) is 11.3 Å². The van der Waals surface area contributed by atoms with Gasteiger partial charge in [0, 0.05) is 32.6 Å². The molecule has 0 spiro atoms. The molecule has 152 valence electrons. The number of methoxy groups -OCH3 is 2. The fourth-order valence-electron chi connectivity index (χ4n) is 3.79. The summed E-state index contributed by atoms with van der Waals surface area (Å²) in [4.78, 5) is 20.8. The van der Waals surface area contributed by atoms with Crippen molar-refractivity contribution in [3.63, 3.8) is 0 Å². The van der Waals surface area contributed by atoms with Gasteiger partial charge in [-0.3, -0.25) is 4.79 Å². The normalized spacial score (nSPS) is 16.9. The Kier molecular flexibility index (Phi) is 6.24. The average Bonchev–Trinajstić information content (AvgIpc) is 3.22. The molecule has 1 aromatic heterocycles. The number of likely N-dealkylation sites (tertiary alicyclic amines) is 1. The minimum Gasteiger partial charge on any atom is -0.493 e. The second-order valence-corrected chi connectivity index (χ2v) is 7.26. The van der Waals surface area contributed by atoms with Crippen molar-refractivity contribution in [1.29, 1.82) is 0 Å². The van der Waals surface area contributed by atoms with Crippen molar-refractivity contribution in [2.75, 3.05) is 40.9 Å². The molecule has 1 saturated heterocycles. The van der Waals surface area contributed by atoms with Crippen LogP contribution in [0.2, 0.25) is 0 Å². The highest BCUT2D eigenvalue weighted by atomic mass is 16.5. The van der Waals surface area contributed by atoms with E-state index >= 15 is 0 Å². The molecule has 3 rings (SSSR count). The van der Waals surface area contributed by atoms with E-state index in [2.05, 4.69) is 11.9 Å². The van der Waals surface area contributed by atoms with E-state index in [-0.39, 0.29) is 5.91 Å². The zero-order chi connectivity index (χ0) is 20.3. The summed E-state index contributed by atoms with van der Waals surface area (Å²) in [6.07, 6.45) is 0.627. The van der Waals surface area contributed by atoms with Crippen molar-refractivity contribution in [3.8, 4) is 23.0 Å². The number of para-hydroxylation sites is 1. The third-order valence-electron chi connectivity index (χ3n) is 5.19. The molecule has 1 atom stereocenters. The van der Waals surface area contributed by atoms with E-state index in [1.54, 1.807) is 14.2 Å². The van der Waals surface area contributed by atoms with E-state index in [0.717, 1.165) is 36.7 Å². The second-order valence-electron chi connectivity index (χ2n) is 7.26. The van der Waals surface area contributed by atoms with Crippen LogP contribution in [0, 0.1) is 12.8 Å². The van der Waals surface area contributed by atoms with E-state index in [1.165, 1.54) is 0 Å². The number of nitrogens with zero attached hydrogens (tertiary/aromatic N) is 3. The van der Waals surface area contributed by atoms with Crippen molar-refractivity contribution >= 4 is 5.91 Å². The average molecular weight is 387 g/mol. The molecule has 28 heavy (non-hydrogen) atoms. The topological polar surface area (TPSA) is 68.0 Å². The first kappa shape index (κ1) is 20.2. The van der Waals surface area contributed by atoms with E-state index in [0.29, 0.717) is 36.3 Å². The molecular weight excluding hydrogens is 358 g/mol. The predicted octanol–water partition coefficient (Wildman–Crippen LogP) is 2.97. The smallest absolute Gasteiger partial charge is 0.230 e. The molecular formula is C21H29N3O4. The largest absolute Gasteiger partial charge is 0.493 e. The molecule has 1 fully saturated rings.